The molecule has 126 heavy (non-hydrogen) atoms. The molecular weight excluding hydrogens is 1640 g/mol. The monoisotopic (exact) mass is 1770 g/mol. The van der Waals surface area contributed by atoms with Crippen LogP contribution in [0.5, 0.6) is 5.75 Å². The van der Waals surface area contributed by atoms with E-state index in [-0.39, 0.29) is 129 Å². The molecule has 38 heteroatoms. The average molecular weight is 1770 g/mol. The number of fused-ring (bicyclic) bond motifs is 1. The van der Waals surface area contributed by atoms with Crippen LogP contribution < -0.4 is 53.6 Å². The number of hydrogen-bond donors (Lipinski definition) is 16. The van der Waals surface area contributed by atoms with Crippen molar-refractivity contribution in [1.29, 1.82) is 0 Å². The quantitative estimate of drug-likeness (QED) is 0.0279. The molecule has 4 rings (SSSR count). The number of carboxylic acid groups (broad SMARTS) is 4. The Morgan fingerprint density at radius 2 is 0.873 bits per heavy atom. The van der Waals surface area contributed by atoms with Crippen molar-refractivity contribution >= 4 is 106 Å². The van der Waals surface area contributed by atoms with Gasteiger partial charge in [0.1, 0.15) is 67.3 Å². The number of amides is 12. The number of aromatic hydroxyl groups is 1. The van der Waals surface area contributed by atoms with Crippen LogP contribution in [0.1, 0.15) is 197 Å². The summed E-state index contributed by atoms with van der Waals surface area (Å²) in [6.45, 7) is 2.07. The van der Waals surface area contributed by atoms with E-state index in [4.69, 9.17) is 29.8 Å². The van der Waals surface area contributed by atoms with Gasteiger partial charge in [-0.15, -0.1) is 0 Å². The molecule has 0 spiro atoms. The van der Waals surface area contributed by atoms with E-state index in [1.54, 1.807) is 60.8 Å². The summed E-state index contributed by atoms with van der Waals surface area (Å²) in [4.78, 5) is 216. The van der Waals surface area contributed by atoms with E-state index in [2.05, 4.69) is 52.8 Å². The topological polar surface area (TPSA) is 568 Å². The van der Waals surface area contributed by atoms with Crippen LogP contribution in [0.2, 0.25) is 0 Å². The highest BCUT2D eigenvalue weighted by Crippen LogP contribution is 2.22. The molecular formula is C88H131N13O25. The Morgan fingerprint density at radius 1 is 0.397 bits per heavy atom. The van der Waals surface area contributed by atoms with Crippen molar-refractivity contribution in [3.63, 3.8) is 0 Å². The highest BCUT2D eigenvalue weighted by atomic mass is 16.5. The minimum absolute atomic E-state index is 0.00849. The number of rotatable bonds is 70. The second kappa shape index (κ2) is 61.7. The number of phenols is 1. The van der Waals surface area contributed by atoms with Crippen molar-refractivity contribution in [2.24, 2.45) is 5.73 Å². The van der Waals surface area contributed by atoms with Crippen molar-refractivity contribution in [1.82, 2.24) is 62.6 Å². The minimum Gasteiger partial charge on any atom is -0.508 e. The fourth-order valence-electron chi connectivity index (χ4n) is 13.6. The number of ether oxygens (including phenoxy) is 4. The van der Waals surface area contributed by atoms with Crippen LogP contribution in [0, 0.1) is 0 Å². The first-order chi connectivity index (χ1) is 60.4. The lowest BCUT2D eigenvalue weighted by Crippen LogP contribution is -2.59. The molecule has 1 heterocycles. The molecule has 0 bridgehead atoms. The van der Waals surface area contributed by atoms with Gasteiger partial charge >= 0.3 is 23.9 Å². The van der Waals surface area contributed by atoms with Crippen molar-refractivity contribution in [2.75, 3.05) is 86.6 Å². The van der Waals surface area contributed by atoms with Crippen LogP contribution in [0.25, 0.3) is 10.9 Å². The lowest BCUT2D eigenvalue weighted by atomic mass is 10.0. The lowest BCUT2D eigenvalue weighted by Gasteiger charge is -2.35. The summed E-state index contributed by atoms with van der Waals surface area (Å²) in [6, 6.07) is 9.48. The number of phenolic OH excluding ortho intramolecular Hbond substituents is 1. The summed E-state index contributed by atoms with van der Waals surface area (Å²) < 4.78 is 21.6. The number of para-hydroxylation sites is 1. The zero-order chi connectivity index (χ0) is 92.6. The number of carbonyl (C=O) groups excluding carboxylic acids is 12. The van der Waals surface area contributed by atoms with Crippen molar-refractivity contribution < 1.29 is 121 Å². The van der Waals surface area contributed by atoms with Gasteiger partial charge in [-0.1, -0.05) is 177 Å². The van der Waals surface area contributed by atoms with Crippen LogP contribution >= 0.6 is 0 Å². The molecule has 698 valence electrons. The van der Waals surface area contributed by atoms with Gasteiger partial charge in [-0.3, -0.25) is 71.9 Å². The van der Waals surface area contributed by atoms with Gasteiger partial charge in [0.2, 0.25) is 70.9 Å². The summed E-state index contributed by atoms with van der Waals surface area (Å²) in [5.74, 6) is -14.7. The third-order valence-corrected chi connectivity index (χ3v) is 20.7. The molecule has 0 fully saturated rings. The Morgan fingerprint density at radius 3 is 1.44 bits per heavy atom. The summed E-state index contributed by atoms with van der Waals surface area (Å²) in [7, 11) is 2.47. The van der Waals surface area contributed by atoms with Crippen LogP contribution in [-0.2, 0) is 115 Å². The Kier molecular flexibility index (Phi) is 52.2. The lowest BCUT2D eigenvalue weighted by molar-refractivity contribution is -0.152. The third-order valence-electron chi connectivity index (χ3n) is 20.7. The Bertz CT molecular complexity index is 4080. The molecule has 38 nitrogen and oxygen atoms in total. The number of aliphatic carboxylic acids is 4. The number of aromatic amines is 1. The second-order valence-corrected chi connectivity index (χ2v) is 30.9. The van der Waals surface area contributed by atoms with Gasteiger partial charge in [-0.2, -0.15) is 0 Å². The van der Waals surface area contributed by atoms with Gasteiger partial charge in [-0.05, 0) is 67.0 Å². The van der Waals surface area contributed by atoms with Crippen molar-refractivity contribution in [2.45, 2.75) is 248 Å². The van der Waals surface area contributed by atoms with Crippen LogP contribution in [0.15, 0.2) is 85.1 Å². The molecule has 0 saturated carbocycles. The van der Waals surface area contributed by atoms with Crippen molar-refractivity contribution in [3.05, 3.63) is 102 Å². The zero-order valence-corrected chi connectivity index (χ0v) is 72.9. The average Bonchev–Trinajstić information content (AvgIpc) is 1.62. The predicted octanol–water partition coefficient (Wildman–Crippen LogP) is 3.89. The van der Waals surface area contributed by atoms with E-state index in [1.165, 1.54) is 64.0 Å². The zero-order valence-electron chi connectivity index (χ0n) is 72.9. The Labute approximate surface area is 734 Å². The van der Waals surface area contributed by atoms with Gasteiger partial charge in [0.05, 0.1) is 59.0 Å². The maximum atomic E-state index is 14.7. The number of benzene rings is 3. The number of nitrogens with zero attached hydrogens (tertiary/aromatic N) is 2. The van der Waals surface area contributed by atoms with Crippen LogP contribution in [0.3, 0.4) is 0 Å². The second-order valence-electron chi connectivity index (χ2n) is 30.9. The van der Waals surface area contributed by atoms with Gasteiger partial charge < -0.3 is 113 Å². The van der Waals surface area contributed by atoms with Gasteiger partial charge in [0, 0.05) is 82.8 Å². The van der Waals surface area contributed by atoms with Gasteiger partial charge in [0.25, 0.3) is 0 Å². The number of hydrogen-bond acceptors (Lipinski definition) is 21. The number of aromatic nitrogens is 1. The molecule has 0 aliphatic carbocycles. The summed E-state index contributed by atoms with van der Waals surface area (Å²) in [5, 5.41) is 72.0. The maximum Gasteiger partial charge on any atom is 0.326 e. The van der Waals surface area contributed by atoms with E-state index in [0.717, 1.165) is 67.6 Å². The minimum atomic E-state index is -1.79. The first-order valence-corrected chi connectivity index (χ1v) is 43.4. The van der Waals surface area contributed by atoms with E-state index >= 15 is 0 Å². The fourth-order valence-corrected chi connectivity index (χ4v) is 13.6. The highest BCUT2D eigenvalue weighted by Gasteiger charge is 2.40. The SMILES string of the molecule is CCCC[C@H](NC(=O)[C@H](Cc1ccc(O)cc1)NC(=O)[C@H](CC(=O)O)NC(=O)COCCOCCNC(=O)COCCOCCNC(=O)CC[C@H](NC(=O)CCCCCCCCCCCCCCCCC(=O)O)C(=O)O)C(=O)NCC(=O)N[C@@H](Cc1c[nH]c2ccccc12)C(=O)N[C@@H](CCCC)C(=O)N(C)[C@@H](CC(=O)O)C(=O)N(C)[C@@H](Cc1ccccc1)C(N)=O. The largest absolute Gasteiger partial charge is 0.508 e. The number of carbonyl (C=O) groups is 16. The Balaban J connectivity index is 1.22. The smallest absolute Gasteiger partial charge is 0.326 e. The predicted molar refractivity (Wildman–Crippen MR) is 462 cm³/mol. The van der Waals surface area contributed by atoms with Crippen LogP contribution in [0.4, 0.5) is 0 Å². The Hall–Kier alpha value is -11.6. The molecule has 0 saturated heterocycles. The highest BCUT2D eigenvalue weighted by molar-refractivity contribution is 5.99. The standard InChI is InChI=1S/C88H131N13O25/c1-5-7-31-65(82(115)93-56-75(105)95-69(52-61-55-92-64-33-27-26-30-63(61)64)84(117)98-66(32-8-6-2)86(119)101(4)72(54-80(112)113)87(120)100(3)71(81(89)114)51-59-28-22-21-23-29-59)97-83(116)68(50-60-36-38-62(102)39-37-60)99-85(118)70(53-79(110)111)96-77(107)58-126-49-47-124-45-43-91-76(106)57-125-48-46-123-44-42-90-73(103)41-40-67(88(121)122)94-74(104)34-24-19-17-15-13-11-9-10-12-14-16-18-20-25-35-78(108)109/h21-23,26-30,33,36-39,55,65-72,92,102H,5-20,24-25,31-32,34-35,40-54,56-58H2,1-4H3,(H2,89,114)(H,90,103)(H,91,106)(H,93,115)(H,94,104)(H,95,105)(H,96,107)(H,97,116)(H,98,117)(H,99,118)(H,108,109)(H,110,111)(H,112,113)(H,121,122)/t65-,66-,67-,68-,69-,70-,71-,72-/m0/s1. The molecule has 4 aromatic rings. The fraction of sp³-hybridized carbons (Fsp3) is 0.591. The molecule has 3 aromatic carbocycles. The molecule has 17 N–H and O–H groups in total. The first-order valence-electron chi connectivity index (χ1n) is 43.4. The third kappa shape index (κ3) is 44.3. The molecule has 0 aliphatic rings. The molecule has 1 aromatic heterocycles. The number of nitrogens with one attached hydrogen (secondary N) is 10. The molecule has 8 atom stereocenters. The molecule has 0 aliphatic heterocycles. The first kappa shape index (κ1) is 107. The van der Waals surface area contributed by atoms with Gasteiger partial charge in [0.15, 0.2) is 0 Å². The van der Waals surface area contributed by atoms with E-state index in [1.807, 2.05) is 13.8 Å². The number of carboxylic acids is 4. The number of H-pyrrole nitrogens is 1. The molecule has 12 amide bonds. The summed E-state index contributed by atoms with van der Waals surface area (Å²) in [6.07, 6.45) is 15.7. The van der Waals surface area contributed by atoms with E-state index in [9.17, 15) is 97.1 Å². The van der Waals surface area contributed by atoms with Crippen molar-refractivity contribution in [3.8, 4) is 5.75 Å². The van der Waals surface area contributed by atoms with Crippen LogP contribution in [-0.4, -0.2) is 270 Å². The molecule has 0 radical (unpaired) electrons. The normalized spacial score (nSPS) is 13.0. The number of likely N-dealkylation sites (N-methyl/N-ethyl adjacent to an activating group) is 2. The number of primary amides is 1. The maximum absolute atomic E-state index is 14.7. The number of nitrogens with two attached hydrogens (primary N) is 1. The van der Waals surface area contributed by atoms with E-state index < -0.39 is 163 Å². The summed E-state index contributed by atoms with van der Waals surface area (Å²) >= 11 is 0. The summed E-state index contributed by atoms with van der Waals surface area (Å²) in [5.41, 5.74) is 8.04. The molecule has 0 unspecified atom stereocenters. The van der Waals surface area contributed by atoms with Gasteiger partial charge in [-0.25, -0.2) is 4.79 Å². The number of unbranched alkanes of at least 4 members (excludes halogenated alkanes) is 15. The van der Waals surface area contributed by atoms with E-state index in [0.29, 0.717) is 59.7 Å².